The number of aromatic nitrogens is 1. The molecule has 1 N–H and O–H groups in total. The standard InChI is InChI=1S/C15H19NO3/c1-5-16-9-10(15(2,3)14(17)18)13-11(16)7-6-8-12(13)19-4/h6-9H,5H2,1-4H3,(H,17,18). The molecule has 0 unspecified atom stereocenters. The molecule has 1 aromatic heterocycles. The lowest BCUT2D eigenvalue weighted by atomic mass is 9.84. The summed E-state index contributed by atoms with van der Waals surface area (Å²) < 4.78 is 7.45. The Balaban J connectivity index is 2.85. The molecule has 0 fully saturated rings. The van der Waals surface area contributed by atoms with E-state index in [0.717, 1.165) is 23.0 Å². The number of nitrogens with zero attached hydrogens (tertiary/aromatic N) is 1. The van der Waals surface area contributed by atoms with Gasteiger partial charge in [-0.1, -0.05) is 6.07 Å². The Morgan fingerprint density at radius 1 is 1.42 bits per heavy atom. The van der Waals surface area contributed by atoms with E-state index in [-0.39, 0.29) is 0 Å². The zero-order chi connectivity index (χ0) is 14.2. The minimum Gasteiger partial charge on any atom is -0.496 e. The van der Waals surface area contributed by atoms with Gasteiger partial charge >= 0.3 is 5.97 Å². The number of fused-ring (bicyclic) bond motifs is 1. The van der Waals surface area contributed by atoms with Gasteiger partial charge in [0.25, 0.3) is 0 Å². The Kier molecular flexibility index (Phi) is 3.27. The van der Waals surface area contributed by atoms with Crippen molar-refractivity contribution in [3.05, 3.63) is 30.0 Å². The highest BCUT2D eigenvalue weighted by Gasteiger charge is 2.33. The lowest BCUT2D eigenvalue weighted by Crippen LogP contribution is -2.28. The Morgan fingerprint density at radius 2 is 2.11 bits per heavy atom. The molecule has 0 saturated heterocycles. The van der Waals surface area contributed by atoms with E-state index in [0.29, 0.717) is 5.75 Å². The molecule has 0 aliphatic rings. The van der Waals surface area contributed by atoms with E-state index in [1.807, 2.05) is 31.3 Å². The van der Waals surface area contributed by atoms with E-state index >= 15 is 0 Å². The molecule has 102 valence electrons. The van der Waals surface area contributed by atoms with Crippen molar-refractivity contribution in [3.63, 3.8) is 0 Å². The quantitative estimate of drug-likeness (QED) is 0.920. The maximum Gasteiger partial charge on any atom is 0.313 e. The second-order valence-electron chi connectivity index (χ2n) is 5.11. The molecule has 2 aromatic rings. The van der Waals surface area contributed by atoms with Crippen molar-refractivity contribution in [1.82, 2.24) is 4.57 Å². The van der Waals surface area contributed by atoms with Gasteiger partial charge in [0.1, 0.15) is 5.75 Å². The molecule has 4 nitrogen and oxygen atoms in total. The van der Waals surface area contributed by atoms with E-state index in [1.165, 1.54) is 0 Å². The predicted molar refractivity (Wildman–Crippen MR) is 74.8 cm³/mol. The maximum atomic E-state index is 11.5. The van der Waals surface area contributed by atoms with Crippen molar-refractivity contribution in [2.24, 2.45) is 0 Å². The SMILES string of the molecule is CCn1cc(C(C)(C)C(=O)O)c2c(OC)cccc21. The summed E-state index contributed by atoms with van der Waals surface area (Å²) in [5.41, 5.74) is 0.841. The van der Waals surface area contributed by atoms with Gasteiger partial charge in [0.2, 0.25) is 0 Å². The van der Waals surface area contributed by atoms with Crippen molar-refractivity contribution >= 4 is 16.9 Å². The molecule has 0 atom stereocenters. The minimum absolute atomic E-state index is 0.717. The maximum absolute atomic E-state index is 11.5. The first-order valence-electron chi connectivity index (χ1n) is 6.33. The highest BCUT2D eigenvalue weighted by Crippen LogP contribution is 2.37. The highest BCUT2D eigenvalue weighted by molar-refractivity contribution is 5.95. The number of rotatable bonds is 4. The topological polar surface area (TPSA) is 51.5 Å². The Labute approximate surface area is 112 Å². The highest BCUT2D eigenvalue weighted by atomic mass is 16.5. The average Bonchev–Trinajstić information content (AvgIpc) is 2.77. The first-order valence-corrected chi connectivity index (χ1v) is 6.33. The van der Waals surface area contributed by atoms with E-state index < -0.39 is 11.4 Å². The van der Waals surface area contributed by atoms with Gasteiger partial charge < -0.3 is 14.4 Å². The van der Waals surface area contributed by atoms with Crippen molar-refractivity contribution < 1.29 is 14.6 Å². The number of benzene rings is 1. The molecule has 1 aromatic carbocycles. The minimum atomic E-state index is -0.951. The van der Waals surface area contributed by atoms with Crippen LogP contribution < -0.4 is 4.74 Å². The number of carboxylic acid groups (broad SMARTS) is 1. The summed E-state index contributed by atoms with van der Waals surface area (Å²) in [6.45, 7) is 6.27. The van der Waals surface area contributed by atoms with Gasteiger partial charge in [-0.15, -0.1) is 0 Å². The summed E-state index contributed by atoms with van der Waals surface area (Å²) >= 11 is 0. The van der Waals surface area contributed by atoms with Crippen molar-refractivity contribution in [2.75, 3.05) is 7.11 Å². The predicted octanol–water partition coefficient (Wildman–Crippen LogP) is 3.03. The number of methoxy groups -OCH3 is 1. The monoisotopic (exact) mass is 261 g/mol. The Morgan fingerprint density at radius 3 is 2.63 bits per heavy atom. The summed E-state index contributed by atoms with van der Waals surface area (Å²) in [6, 6.07) is 5.78. The molecular weight excluding hydrogens is 242 g/mol. The molecule has 2 rings (SSSR count). The summed E-state index contributed by atoms with van der Waals surface area (Å²) in [7, 11) is 1.61. The Bertz CT molecular complexity index is 626. The fraction of sp³-hybridized carbons (Fsp3) is 0.400. The van der Waals surface area contributed by atoms with Crippen LogP contribution in [0.2, 0.25) is 0 Å². The number of carbonyl (C=O) groups is 1. The third-order valence-corrected chi connectivity index (χ3v) is 3.64. The van der Waals surface area contributed by atoms with Gasteiger partial charge in [0.05, 0.1) is 18.0 Å². The number of hydrogen-bond donors (Lipinski definition) is 1. The number of carboxylic acids is 1. The lowest BCUT2D eigenvalue weighted by Gasteiger charge is -2.19. The summed E-state index contributed by atoms with van der Waals surface area (Å²) in [5, 5.41) is 10.3. The smallest absolute Gasteiger partial charge is 0.313 e. The molecule has 0 bridgehead atoms. The van der Waals surface area contributed by atoms with Gasteiger partial charge in [0.15, 0.2) is 0 Å². The molecule has 4 heteroatoms. The number of hydrogen-bond acceptors (Lipinski definition) is 2. The molecule has 0 spiro atoms. The van der Waals surface area contributed by atoms with Crippen LogP contribution in [-0.4, -0.2) is 22.8 Å². The largest absolute Gasteiger partial charge is 0.496 e. The molecule has 1 heterocycles. The molecule has 19 heavy (non-hydrogen) atoms. The average molecular weight is 261 g/mol. The number of ether oxygens (including phenoxy) is 1. The zero-order valence-electron chi connectivity index (χ0n) is 11.7. The third-order valence-electron chi connectivity index (χ3n) is 3.64. The number of aliphatic carboxylic acids is 1. The van der Waals surface area contributed by atoms with Crippen LogP contribution in [0.4, 0.5) is 0 Å². The normalized spacial score (nSPS) is 11.8. The molecule has 0 saturated carbocycles. The second kappa shape index (κ2) is 4.61. The Hall–Kier alpha value is -1.97. The van der Waals surface area contributed by atoms with Gasteiger partial charge in [-0.25, -0.2) is 0 Å². The second-order valence-corrected chi connectivity index (χ2v) is 5.11. The van der Waals surface area contributed by atoms with Gasteiger partial charge in [-0.3, -0.25) is 4.79 Å². The third kappa shape index (κ3) is 1.97. The van der Waals surface area contributed by atoms with E-state index in [9.17, 15) is 9.90 Å². The molecule has 0 radical (unpaired) electrons. The van der Waals surface area contributed by atoms with Crippen molar-refractivity contribution in [3.8, 4) is 5.75 Å². The van der Waals surface area contributed by atoms with Crippen molar-refractivity contribution in [2.45, 2.75) is 32.7 Å². The first-order chi connectivity index (χ1) is 8.93. The summed E-state index contributed by atoms with van der Waals surface area (Å²) in [4.78, 5) is 11.5. The van der Waals surface area contributed by atoms with Crippen molar-refractivity contribution in [1.29, 1.82) is 0 Å². The lowest BCUT2D eigenvalue weighted by molar-refractivity contribution is -0.142. The van der Waals surface area contributed by atoms with Crippen LogP contribution in [0.15, 0.2) is 24.4 Å². The van der Waals surface area contributed by atoms with Crippen LogP contribution in [-0.2, 0) is 16.8 Å². The van der Waals surface area contributed by atoms with Crippen LogP contribution in [0, 0.1) is 0 Å². The van der Waals surface area contributed by atoms with E-state index in [1.54, 1.807) is 21.0 Å². The molecule has 0 aliphatic carbocycles. The summed E-state index contributed by atoms with van der Waals surface area (Å²) in [6.07, 6.45) is 1.92. The van der Waals surface area contributed by atoms with E-state index in [4.69, 9.17) is 4.74 Å². The first kappa shape index (κ1) is 13.5. The van der Waals surface area contributed by atoms with Crippen LogP contribution >= 0.6 is 0 Å². The number of aryl methyl sites for hydroxylation is 1. The van der Waals surface area contributed by atoms with Crippen LogP contribution in [0.1, 0.15) is 26.3 Å². The molecule has 0 aliphatic heterocycles. The molecular formula is C15H19NO3. The van der Waals surface area contributed by atoms with E-state index in [2.05, 4.69) is 4.57 Å². The van der Waals surface area contributed by atoms with Crippen LogP contribution in [0.5, 0.6) is 5.75 Å². The van der Waals surface area contributed by atoms with Gasteiger partial charge in [0, 0.05) is 18.1 Å². The van der Waals surface area contributed by atoms with Gasteiger partial charge in [-0.05, 0) is 38.5 Å². The fourth-order valence-electron chi connectivity index (χ4n) is 2.34. The van der Waals surface area contributed by atoms with Gasteiger partial charge in [-0.2, -0.15) is 0 Å². The fourth-order valence-corrected chi connectivity index (χ4v) is 2.34. The molecule has 0 amide bonds. The zero-order valence-corrected chi connectivity index (χ0v) is 11.7. The van der Waals surface area contributed by atoms with Crippen LogP contribution in [0.25, 0.3) is 10.9 Å². The van der Waals surface area contributed by atoms with Crippen LogP contribution in [0.3, 0.4) is 0 Å². The summed E-state index contributed by atoms with van der Waals surface area (Å²) in [5.74, 6) is -0.123.